The predicted molar refractivity (Wildman–Crippen MR) is 73.0 cm³/mol. The summed E-state index contributed by atoms with van der Waals surface area (Å²) in [5.41, 5.74) is 0. The van der Waals surface area contributed by atoms with Gasteiger partial charge in [0, 0.05) is 12.6 Å². The van der Waals surface area contributed by atoms with Gasteiger partial charge in [0.1, 0.15) is 0 Å². The maximum atomic E-state index is 11.9. The van der Waals surface area contributed by atoms with Crippen LogP contribution in [0.1, 0.15) is 53.4 Å². The van der Waals surface area contributed by atoms with E-state index >= 15 is 0 Å². The Morgan fingerprint density at radius 3 is 2.29 bits per heavy atom. The maximum Gasteiger partial charge on any atom is 0.156 e. The molecule has 1 atom stereocenters. The fourth-order valence-corrected chi connectivity index (χ4v) is 2.85. The van der Waals surface area contributed by atoms with E-state index in [1.165, 1.54) is 19.3 Å². The molecule has 0 aromatic rings. The van der Waals surface area contributed by atoms with E-state index in [0.29, 0.717) is 12.6 Å². The summed E-state index contributed by atoms with van der Waals surface area (Å²) in [5, 5.41) is 3.39. The Morgan fingerprint density at radius 2 is 1.88 bits per heavy atom. The monoisotopic (exact) mass is 261 g/mol. The van der Waals surface area contributed by atoms with Crippen LogP contribution in [-0.4, -0.2) is 31.5 Å². The number of hydrogen-bond donors (Lipinski definition) is 1. The van der Waals surface area contributed by atoms with Crippen LogP contribution in [0.5, 0.6) is 0 Å². The molecule has 0 spiro atoms. The highest BCUT2D eigenvalue weighted by Gasteiger charge is 2.29. The van der Waals surface area contributed by atoms with E-state index in [0.717, 1.165) is 12.3 Å². The van der Waals surface area contributed by atoms with Crippen molar-refractivity contribution in [1.29, 1.82) is 0 Å². The minimum Gasteiger partial charge on any atom is -0.313 e. The zero-order valence-corrected chi connectivity index (χ0v) is 12.4. The topological polar surface area (TPSA) is 46.2 Å². The standard InChI is InChI=1S/C13H27NO2S/c1-5-12(10-11-6-7-11)14-8-9-17(15,16)13(2,3)4/h11-12,14H,5-10H2,1-4H3. The second kappa shape index (κ2) is 5.70. The van der Waals surface area contributed by atoms with Gasteiger partial charge in [0.2, 0.25) is 0 Å². The molecule has 1 aliphatic carbocycles. The smallest absolute Gasteiger partial charge is 0.156 e. The van der Waals surface area contributed by atoms with Gasteiger partial charge in [-0.1, -0.05) is 19.8 Å². The molecule has 0 bridgehead atoms. The Kier molecular flexibility index (Phi) is 5.02. The first-order chi connectivity index (χ1) is 7.76. The van der Waals surface area contributed by atoms with Gasteiger partial charge >= 0.3 is 0 Å². The van der Waals surface area contributed by atoms with E-state index in [2.05, 4.69) is 12.2 Å². The number of rotatable bonds is 7. The van der Waals surface area contributed by atoms with Crippen LogP contribution >= 0.6 is 0 Å². The van der Waals surface area contributed by atoms with Crippen molar-refractivity contribution in [3.8, 4) is 0 Å². The van der Waals surface area contributed by atoms with Gasteiger partial charge in [-0.2, -0.15) is 0 Å². The van der Waals surface area contributed by atoms with E-state index in [1.54, 1.807) is 20.8 Å². The SMILES string of the molecule is CCC(CC1CC1)NCCS(=O)(=O)C(C)(C)C. The van der Waals surface area contributed by atoms with Crippen molar-refractivity contribution in [1.82, 2.24) is 5.32 Å². The molecule has 1 unspecified atom stereocenters. The molecule has 1 saturated carbocycles. The lowest BCUT2D eigenvalue weighted by molar-refractivity contribution is 0.455. The zero-order valence-electron chi connectivity index (χ0n) is 11.6. The van der Waals surface area contributed by atoms with Crippen LogP contribution in [0.2, 0.25) is 0 Å². The molecule has 1 rings (SSSR count). The molecule has 17 heavy (non-hydrogen) atoms. The average molecular weight is 261 g/mol. The largest absolute Gasteiger partial charge is 0.313 e. The molecule has 4 heteroatoms. The Hall–Kier alpha value is -0.0900. The third kappa shape index (κ3) is 4.96. The van der Waals surface area contributed by atoms with Crippen LogP contribution in [0.25, 0.3) is 0 Å². The van der Waals surface area contributed by atoms with E-state index in [-0.39, 0.29) is 5.75 Å². The van der Waals surface area contributed by atoms with Crippen molar-refractivity contribution in [2.75, 3.05) is 12.3 Å². The molecule has 0 radical (unpaired) electrons. The van der Waals surface area contributed by atoms with Gasteiger partial charge in [0.05, 0.1) is 10.5 Å². The summed E-state index contributed by atoms with van der Waals surface area (Å²) in [6, 6.07) is 0.498. The predicted octanol–water partition coefficient (Wildman–Crippen LogP) is 2.37. The van der Waals surface area contributed by atoms with Gasteiger partial charge in [-0.3, -0.25) is 0 Å². The molecule has 1 fully saturated rings. The van der Waals surface area contributed by atoms with Crippen LogP contribution in [-0.2, 0) is 9.84 Å². The van der Waals surface area contributed by atoms with Crippen molar-refractivity contribution < 1.29 is 8.42 Å². The fraction of sp³-hybridized carbons (Fsp3) is 1.00. The lowest BCUT2D eigenvalue weighted by atomic mass is 10.1. The lowest BCUT2D eigenvalue weighted by Gasteiger charge is -2.21. The van der Waals surface area contributed by atoms with Crippen molar-refractivity contribution in [3.63, 3.8) is 0 Å². The molecule has 0 heterocycles. The van der Waals surface area contributed by atoms with Crippen LogP contribution in [0.3, 0.4) is 0 Å². The summed E-state index contributed by atoms with van der Waals surface area (Å²) >= 11 is 0. The maximum absolute atomic E-state index is 11.9. The Balaban J connectivity index is 2.30. The molecule has 0 saturated heterocycles. The zero-order chi connectivity index (χ0) is 13.1. The number of nitrogens with one attached hydrogen (secondary N) is 1. The highest BCUT2D eigenvalue weighted by atomic mass is 32.2. The molecule has 1 N–H and O–H groups in total. The van der Waals surface area contributed by atoms with Crippen molar-refractivity contribution in [2.24, 2.45) is 5.92 Å². The molecule has 0 amide bonds. The van der Waals surface area contributed by atoms with E-state index in [4.69, 9.17) is 0 Å². The summed E-state index contributed by atoms with van der Waals surface area (Å²) in [4.78, 5) is 0. The molecule has 0 aliphatic heterocycles. The van der Waals surface area contributed by atoms with Crippen molar-refractivity contribution in [3.05, 3.63) is 0 Å². The fourth-order valence-electron chi connectivity index (χ4n) is 1.85. The van der Waals surface area contributed by atoms with E-state index in [9.17, 15) is 8.42 Å². The quantitative estimate of drug-likeness (QED) is 0.765. The molecular weight excluding hydrogens is 234 g/mol. The molecule has 3 nitrogen and oxygen atoms in total. The summed E-state index contributed by atoms with van der Waals surface area (Å²) in [7, 11) is -2.98. The first-order valence-electron chi connectivity index (χ1n) is 6.72. The molecule has 102 valence electrons. The molecule has 0 aromatic heterocycles. The third-order valence-electron chi connectivity index (χ3n) is 3.54. The van der Waals surface area contributed by atoms with Gasteiger partial charge in [-0.05, 0) is 39.5 Å². The highest BCUT2D eigenvalue weighted by molar-refractivity contribution is 7.92. The summed E-state index contributed by atoms with van der Waals surface area (Å²) in [6.07, 6.45) is 5.02. The first-order valence-corrected chi connectivity index (χ1v) is 8.37. The van der Waals surface area contributed by atoms with Crippen LogP contribution < -0.4 is 5.32 Å². The molecule has 1 aliphatic rings. The van der Waals surface area contributed by atoms with E-state index in [1.807, 2.05) is 0 Å². The van der Waals surface area contributed by atoms with Crippen LogP contribution in [0, 0.1) is 5.92 Å². The first kappa shape index (κ1) is 15.0. The normalized spacial score (nSPS) is 19.3. The van der Waals surface area contributed by atoms with Crippen LogP contribution in [0.4, 0.5) is 0 Å². The summed E-state index contributed by atoms with van der Waals surface area (Å²) < 4.78 is 23.2. The van der Waals surface area contributed by atoms with E-state index < -0.39 is 14.6 Å². The number of hydrogen-bond acceptors (Lipinski definition) is 3. The summed E-state index contributed by atoms with van der Waals surface area (Å²) in [5.74, 6) is 1.14. The Morgan fingerprint density at radius 1 is 1.29 bits per heavy atom. The lowest BCUT2D eigenvalue weighted by Crippen LogP contribution is -2.38. The number of sulfone groups is 1. The minimum atomic E-state index is -2.98. The van der Waals surface area contributed by atoms with Gasteiger partial charge in [0.15, 0.2) is 9.84 Å². The van der Waals surface area contributed by atoms with Gasteiger partial charge in [-0.15, -0.1) is 0 Å². The van der Waals surface area contributed by atoms with Gasteiger partial charge < -0.3 is 5.32 Å². The van der Waals surface area contributed by atoms with Gasteiger partial charge in [0.25, 0.3) is 0 Å². The minimum absolute atomic E-state index is 0.248. The Bertz CT molecular complexity index is 326. The van der Waals surface area contributed by atoms with Crippen molar-refractivity contribution in [2.45, 2.75) is 64.2 Å². The third-order valence-corrected chi connectivity index (χ3v) is 6.15. The summed E-state index contributed by atoms with van der Waals surface area (Å²) in [6.45, 7) is 8.06. The van der Waals surface area contributed by atoms with Crippen molar-refractivity contribution >= 4 is 9.84 Å². The van der Waals surface area contributed by atoms with Gasteiger partial charge in [-0.25, -0.2) is 8.42 Å². The Labute approximate surface area is 106 Å². The highest BCUT2D eigenvalue weighted by Crippen LogP contribution is 2.33. The molecule has 0 aromatic carbocycles. The second-order valence-electron chi connectivity index (χ2n) is 6.17. The average Bonchev–Trinajstić information content (AvgIpc) is 2.98. The second-order valence-corrected chi connectivity index (χ2v) is 9.03. The van der Waals surface area contributed by atoms with Crippen LogP contribution in [0.15, 0.2) is 0 Å². The molecular formula is C13H27NO2S.